The van der Waals surface area contributed by atoms with Crippen LogP contribution >= 0.6 is 11.6 Å². The number of urea groups is 1. The lowest BCUT2D eigenvalue weighted by atomic mass is 9.92. The van der Waals surface area contributed by atoms with Crippen LogP contribution < -0.4 is 14.8 Å². The monoisotopic (exact) mass is 401 g/mol. The summed E-state index contributed by atoms with van der Waals surface area (Å²) in [6.07, 6.45) is 1.38. The van der Waals surface area contributed by atoms with Crippen molar-refractivity contribution in [1.82, 2.24) is 10.3 Å². The fraction of sp³-hybridized carbons (Fsp3) is 0.250. The molecule has 1 heterocycles. The Bertz CT molecular complexity index is 933. The number of imide groups is 1. The van der Waals surface area contributed by atoms with Crippen molar-refractivity contribution in [3.05, 3.63) is 58.6 Å². The van der Waals surface area contributed by atoms with Gasteiger partial charge in [-0.15, -0.1) is 5.01 Å². The molecular weight excluding hydrogens is 382 g/mol. The quantitative estimate of drug-likeness (QED) is 0.593. The minimum absolute atomic E-state index is 0.334. The highest BCUT2D eigenvalue weighted by Crippen LogP contribution is 2.36. The van der Waals surface area contributed by atoms with Crippen LogP contribution in [0.25, 0.3) is 0 Å². The number of carbonyl (C=O) groups is 2. The average molecular weight is 402 g/mol. The Kier molecular flexibility index (Phi) is 5.56. The zero-order valence-corrected chi connectivity index (χ0v) is 16.5. The van der Waals surface area contributed by atoms with Crippen molar-refractivity contribution in [3.63, 3.8) is 0 Å². The number of hydrogen-bond acceptors (Lipinski definition) is 5. The van der Waals surface area contributed by atoms with Crippen molar-refractivity contribution in [2.75, 3.05) is 13.7 Å². The molecule has 0 aromatic heterocycles. The van der Waals surface area contributed by atoms with Gasteiger partial charge in [-0.2, -0.15) is 5.10 Å². The SMILES string of the molecule is CCOc1cc(/C=N\N2C(=O)N[C@](C)(c3ccccc3)C2=O)cc(Cl)c1OC. The number of nitrogens with zero attached hydrogens (tertiary/aromatic N) is 2. The Morgan fingerprint density at radius 2 is 1.96 bits per heavy atom. The molecule has 1 atom stereocenters. The summed E-state index contributed by atoms with van der Waals surface area (Å²) in [4.78, 5) is 25.2. The molecule has 2 aromatic carbocycles. The molecule has 1 N–H and O–H groups in total. The van der Waals surface area contributed by atoms with Crippen LogP contribution in [0, 0.1) is 0 Å². The summed E-state index contributed by atoms with van der Waals surface area (Å²) >= 11 is 6.22. The van der Waals surface area contributed by atoms with E-state index in [1.807, 2.05) is 13.0 Å². The summed E-state index contributed by atoms with van der Waals surface area (Å²) in [5.41, 5.74) is 0.0596. The molecule has 7 nitrogen and oxygen atoms in total. The summed E-state index contributed by atoms with van der Waals surface area (Å²) in [7, 11) is 1.50. The number of nitrogens with one attached hydrogen (secondary N) is 1. The summed E-state index contributed by atoms with van der Waals surface area (Å²) in [6.45, 7) is 3.91. The standard InChI is InChI=1S/C20H20ClN3O4/c1-4-28-16-11-13(10-15(21)17(16)27-3)12-22-24-18(25)20(2,23-19(24)26)14-8-6-5-7-9-14/h5-12H,4H2,1-3H3,(H,23,26)/b22-12-/t20-/m1/s1. The Morgan fingerprint density at radius 3 is 2.61 bits per heavy atom. The van der Waals surface area contributed by atoms with Crippen LogP contribution in [0.2, 0.25) is 5.02 Å². The molecule has 0 aliphatic carbocycles. The van der Waals surface area contributed by atoms with E-state index in [0.29, 0.717) is 34.3 Å². The van der Waals surface area contributed by atoms with Gasteiger partial charge in [-0.05, 0) is 37.1 Å². The van der Waals surface area contributed by atoms with E-state index in [1.54, 1.807) is 43.3 Å². The van der Waals surface area contributed by atoms with Gasteiger partial charge < -0.3 is 14.8 Å². The largest absolute Gasteiger partial charge is 0.491 e. The normalized spacial score (nSPS) is 19.2. The predicted molar refractivity (Wildman–Crippen MR) is 106 cm³/mol. The Hall–Kier alpha value is -3.06. The van der Waals surface area contributed by atoms with E-state index in [1.165, 1.54) is 13.3 Å². The highest BCUT2D eigenvalue weighted by atomic mass is 35.5. The molecule has 0 unspecified atom stereocenters. The van der Waals surface area contributed by atoms with Crippen LogP contribution in [-0.2, 0) is 10.3 Å². The number of methoxy groups -OCH3 is 1. The number of carbonyl (C=O) groups excluding carboxylic acids is 2. The maximum atomic E-state index is 12.9. The van der Waals surface area contributed by atoms with Crippen LogP contribution in [0.1, 0.15) is 25.0 Å². The fourth-order valence-corrected chi connectivity index (χ4v) is 3.24. The molecule has 28 heavy (non-hydrogen) atoms. The van der Waals surface area contributed by atoms with E-state index >= 15 is 0 Å². The van der Waals surface area contributed by atoms with Crippen LogP contribution in [0.15, 0.2) is 47.6 Å². The maximum absolute atomic E-state index is 12.9. The minimum atomic E-state index is -1.18. The molecule has 3 rings (SSSR count). The number of amides is 3. The van der Waals surface area contributed by atoms with Gasteiger partial charge in [0, 0.05) is 0 Å². The van der Waals surface area contributed by atoms with Crippen LogP contribution in [0.3, 0.4) is 0 Å². The molecule has 0 radical (unpaired) electrons. The van der Waals surface area contributed by atoms with Gasteiger partial charge >= 0.3 is 6.03 Å². The van der Waals surface area contributed by atoms with E-state index in [4.69, 9.17) is 21.1 Å². The third-order valence-corrected chi connectivity index (χ3v) is 4.66. The first-order valence-electron chi connectivity index (χ1n) is 8.67. The first-order chi connectivity index (χ1) is 13.4. The second kappa shape index (κ2) is 7.90. The van der Waals surface area contributed by atoms with E-state index in [-0.39, 0.29) is 0 Å². The number of halogens is 1. The molecule has 0 saturated carbocycles. The smallest absolute Gasteiger partial charge is 0.346 e. The van der Waals surface area contributed by atoms with Gasteiger partial charge in [-0.3, -0.25) is 4.79 Å². The molecule has 146 valence electrons. The Balaban J connectivity index is 1.89. The topological polar surface area (TPSA) is 80.2 Å². The van der Waals surface area contributed by atoms with Gasteiger partial charge in [0.2, 0.25) is 0 Å². The van der Waals surface area contributed by atoms with Gasteiger partial charge in [-0.1, -0.05) is 41.9 Å². The molecule has 8 heteroatoms. The van der Waals surface area contributed by atoms with E-state index in [0.717, 1.165) is 5.01 Å². The zero-order chi connectivity index (χ0) is 20.3. The number of benzene rings is 2. The third kappa shape index (κ3) is 3.53. The molecule has 1 fully saturated rings. The van der Waals surface area contributed by atoms with Gasteiger partial charge in [0.1, 0.15) is 5.54 Å². The summed E-state index contributed by atoms with van der Waals surface area (Å²) in [6, 6.07) is 11.7. The average Bonchev–Trinajstić information content (AvgIpc) is 2.90. The number of hydrogen-bond donors (Lipinski definition) is 1. The highest BCUT2D eigenvalue weighted by molar-refractivity contribution is 6.32. The highest BCUT2D eigenvalue weighted by Gasteiger charge is 2.49. The van der Waals surface area contributed by atoms with E-state index in [9.17, 15) is 9.59 Å². The number of rotatable bonds is 6. The summed E-state index contributed by atoms with van der Waals surface area (Å²) in [5, 5.41) is 7.91. The van der Waals surface area contributed by atoms with Crippen molar-refractivity contribution in [3.8, 4) is 11.5 Å². The van der Waals surface area contributed by atoms with Gasteiger partial charge in [0.15, 0.2) is 11.5 Å². The van der Waals surface area contributed by atoms with Crippen molar-refractivity contribution < 1.29 is 19.1 Å². The molecule has 1 aliphatic rings. The fourth-order valence-electron chi connectivity index (χ4n) is 2.94. The van der Waals surface area contributed by atoms with Crippen LogP contribution in [0.4, 0.5) is 4.79 Å². The first kappa shape index (κ1) is 19.7. The third-order valence-electron chi connectivity index (χ3n) is 4.38. The first-order valence-corrected chi connectivity index (χ1v) is 9.05. The van der Waals surface area contributed by atoms with Crippen molar-refractivity contribution in [2.24, 2.45) is 5.10 Å². The van der Waals surface area contributed by atoms with Crippen LogP contribution in [-0.4, -0.2) is 36.9 Å². The number of ether oxygens (including phenoxy) is 2. The van der Waals surface area contributed by atoms with Crippen molar-refractivity contribution >= 4 is 29.8 Å². The summed E-state index contributed by atoms with van der Waals surface area (Å²) in [5.74, 6) is 0.391. The lowest BCUT2D eigenvalue weighted by Gasteiger charge is -2.20. The second-order valence-corrected chi connectivity index (χ2v) is 6.66. The Labute approximate surface area is 167 Å². The molecule has 2 aromatic rings. The van der Waals surface area contributed by atoms with Crippen molar-refractivity contribution in [1.29, 1.82) is 0 Å². The van der Waals surface area contributed by atoms with Gasteiger partial charge in [0.25, 0.3) is 5.91 Å². The predicted octanol–water partition coefficient (Wildman–Crippen LogP) is 3.55. The second-order valence-electron chi connectivity index (χ2n) is 6.25. The molecule has 0 bridgehead atoms. The zero-order valence-electron chi connectivity index (χ0n) is 15.7. The molecule has 1 aliphatic heterocycles. The lowest BCUT2D eigenvalue weighted by molar-refractivity contribution is -0.131. The summed E-state index contributed by atoms with van der Waals surface area (Å²) < 4.78 is 10.8. The molecule has 0 spiro atoms. The van der Waals surface area contributed by atoms with E-state index in [2.05, 4.69) is 10.4 Å². The lowest BCUT2D eigenvalue weighted by Crippen LogP contribution is -2.40. The molecular formula is C20H20ClN3O4. The van der Waals surface area contributed by atoms with Gasteiger partial charge in [0.05, 0.1) is 25.0 Å². The van der Waals surface area contributed by atoms with E-state index < -0.39 is 17.5 Å². The van der Waals surface area contributed by atoms with Crippen molar-refractivity contribution in [2.45, 2.75) is 19.4 Å². The minimum Gasteiger partial charge on any atom is -0.491 e. The van der Waals surface area contributed by atoms with Gasteiger partial charge in [-0.25, -0.2) is 4.79 Å². The molecule has 1 saturated heterocycles. The molecule has 3 amide bonds. The van der Waals surface area contributed by atoms with Crippen LogP contribution in [0.5, 0.6) is 11.5 Å². The maximum Gasteiger partial charge on any atom is 0.346 e. The Morgan fingerprint density at radius 1 is 1.25 bits per heavy atom. The number of hydrazone groups is 1.